The lowest BCUT2D eigenvalue weighted by atomic mass is 10.0. The van der Waals surface area contributed by atoms with Gasteiger partial charge in [0, 0.05) is 41.3 Å². The molecule has 1 aliphatic rings. The first-order valence-corrected chi connectivity index (χ1v) is 6.73. The lowest BCUT2D eigenvalue weighted by Gasteiger charge is -2.08. The molecule has 0 amide bonds. The quantitative estimate of drug-likeness (QED) is 0.681. The first kappa shape index (κ1) is 11.3. The second-order valence-corrected chi connectivity index (χ2v) is 5.09. The molecule has 0 aliphatic heterocycles. The van der Waals surface area contributed by atoms with E-state index in [0.29, 0.717) is 0 Å². The van der Waals surface area contributed by atoms with Crippen LogP contribution in [0.15, 0.2) is 18.3 Å². The van der Waals surface area contributed by atoms with Crippen molar-refractivity contribution in [3.05, 3.63) is 29.6 Å². The fourth-order valence-electron chi connectivity index (χ4n) is 2.27. The fraction of sp³-hybridized carbons (Fsp3) is 0.583. The maximum atomic E-state index is 4.52. The van der Waals surface area contributed by atoms with Crippen molar-refractivity contribution in [1.82, 2.24) is 8.51 Å². The summed E-state index contributed by atoms with van der Waals surface area (Å²) in [6.07, 6.45) is 8.81. The third-order valence-corrected chi connectivity index (χ3v) is 3.51. The number of pyridine rings is 1. The van der Waals surface area contributed by atoms with Gasteiger partial charge >= 0.3 is 0 Å². The lowest BCUT2D eigenvalue weighted by molar-refractivity contribution is 0.539. The van der Waals surface area contributed by atoms with Gasteiger partial charge in [0.25, 0.3) is 0 Å². The van der Waals surface area contributed by atoms with E-state index in [1.54, 1.807) is 0 Å². The Labute approximate surface area is 105 Å². The van der Waals surface area contributed by atoms with Crippen LogP contribution < -0.4 is 3.53 Å². The van der Waals surface area contributed by atoms with Crippen LogP contribution in [0.25, 0.3) is 0 Å². The standard InChI is InChI=1S/C12H17IN2/c13-15-9-11-5-6-12(14-8-11)7-10-3-1-2-4-10/h5-6,8,10,15H,1-4,7,9H2. The molecule has 82 valence electrons. The van der Waals surface area contributed by atoms with E-state index < -0.39 is 0 Å². The molecule has 0 unspecified atom stereocenters. The van der Waals surface area contributed by atoms with Crippen molar-refractivity contribution < 1.29 is 0 Å². The number of hydrogen-bond donors (Lipinski definition) is 1. The molecule has 1 saturated carbocycles. The molecule has 0 bridgehead atoms. The van der Waals surface area contributed by atoms with E-state index >= 15 is 0 Å². The highest BCUT2D eigenvalue weighted by molar-refractivity contribution is 14.1. The van der Waals surface area contributed by atoms with Crippen molar-refractivity contribution in [3.8, 4) is 0 Å². The van der Waals surface area contributed by atoms with Crippen LogP contribution in [0, 0.1) is 5.92 Å². The smallest absolute Gasteiger partial charge is 0.0406 e. The molecular weight excluding hydrogens is 299 g/mol. The molecule has 1 heterocycles. The predicted octanol–water partition coefficient (Wildman–Crippen LogP) is 3.25. The van der Waals surface area contributed by atoms with Gasteiger partial charge in [-0.2, -0.15) is 0 Å². The topological polar surface area (TPSA) is 24.9 Å². The Morgan fingerprint density at radius 2 is 2.13 bits per heavy atom. The minimum absolute atomic E-state index is 0.894. The number of rotatable bonds is 4. The Kier molecular flexibility index (Phi) is 4.38. The lowest BCUT2D eigenvalue weighted by Crippen LogP contribution is -2.03. The van der Waals surface area contributed by atoms with Crippen molar-refractivity contribution in [1.29, 1.82) is 0 Å². The van der Waals surface area contributed by atoms with E-state index in [4.69, 9.17) is 0 Å². The Bertz CT molecular complexity index is 291. The number of aromatic nitrogens is 1. The highest BCUT2D eigenvalue weighted by Crippen LogP contribution is 2.27. The molecule has 15 heavy (non-hydrogen) atoms. The van der Waals surface area contributed by atoms with Crippen molar-refractivity contribution in [3.63, 3.8) is 0 Å². The zero-order valence-electron chi connectivity index (χ0n) is 8.88. The Hall–Kier alpha value is -0.160. The highest BCUT2D eigenvalue weighted by atomic mass is 127. The third kappa shape index (κ3) is 3.41. The molecule has 0 spiro atoms. The van der Waals surface area contributed by atoms with Gasteiger partial charge in [-0.3, -0.25) is 8.51 Å². The van der Waals surface area contributed by atoms with Crippen LogP contribution in [0.4, 0.5) is 0 Å². The minimum Gasteiger partial charge on any atom is -0.261 e. The van der Waals surface area contributed by atoms with E-state index in [0.717, 1.165) is 12.5 Å². The van der Waals surface area contributed by atoms with Crippen molar-refractivity contribution >= 4 is 22.9 Å². The number of hydrogen-bond acceptors (Lipinski definition) is 2. The van der Waals surface area contributed by atoms with Crippen LogP contribution in [-0.4, -0.2) is 4.98 Å². The van der Waals surface area contributed by atoms with Gasteiger partial charge in [0.1, 0.15) is 0 Å². The summed E-state index contributed by atoms with van der Waals surface area (Å²) in [6.45, 7) is 0.900. The zero-order valence-corrected chi connectivity index (χ0v) is 11.0. The van der Waals surface area contributed by atoms with E-state index in [-0.39, 0.29) is 0 Å². The van der Waals surface area contributed by atoms with E-state index in [2.05, 4.69) is 43.5 Å². The van der Waals surface area contributed by atoms with Gasteiger partial charge in [0.2, 0.25) is 0 Å². The number of nitrogens with zero attached hydrogens (tertiary/aromatic N) is 1. The zero-order chi connectivity index (χ0) is 10.5. The summed E-state index contributed by atoms with van der Waals surface area (Å²) in [5.41, 5.74) is 2.53. The average Bonchev–Trinajstić information content (AvgIpc) is 2.74. The van der Waals surface area contributed by atoms with Gasteiger partial charge in [-0.1, -0.05) is 31.7 Å². The summed E-state index contributed by atoms with van der Waals surface area (Å²) >= 11 is 2.16. The van der Waals surface area contributed by atoms with E-state index in [1.165, 1.54) is 43.4 Å². The molecule has 1 aliphatic carbocycles. The van der Waals surface area contributed by atoms with Crippen molar-refractivity contribution in [2.24, 2.45) is 5.92 Å². The molecule has 0 saturated heterocycles. The van der Waals surface area contributed by atoms with Gasteiger partial charge in [-0.15, -0.1) is 0 Å². The Morgan fingerprint density at radius 3 is 2.73 bits per heavy atom. The second kappa shape index (κ2) is 5.80. The molecule has 1 aromatic heterocycles. The first-order chi connectivity index (χ1) is 7.38. The average molecular weight is 316 g/mol. The Morgan fingerprint density at radius 1 is 1.33 bits per heavy atom. The normalized spacial score (nSPS) is 17.1. The molecule has 3 heteroatoms. The molecule has 2 rings (SSSR count). The predicted molar refractivity (Wildman–Crippen MR) is 70.8 cm³/mol. The molecule has 1 N–H and O–H groups in total. The summed E-state index contributed by atoms with van der Waals surface area (Å²) in [7, 11) is 0. The van der Waals surface area contributed by atoms with Crippen LogP contribution in [0.2, 0.25) is 0 Å². The van der Waals surface area contributed by atoms with E-state index in [1.807, 2.05) is 6.20 Å². The highest BCUT2D eigenvalue weighted by Gasteiger charge is 2.15. The molecule has 2 nitrogen and oxygen atoms in total. The monoisotopic (exact) mass is 316 g/mol. The molecular formula is C12H17IN2. The molecule has 0 atom stereocenters. The maximum absolute atomic E-state index is 4.52. The Balaban J connectivity index is 1.91. The molecule has 0 radical (unpaired) electrons. The SMILES string of the molecule is INCc1ccc(CC2CCCC2)nc1. The number of halogens is 1. The van der Waals surface area contributed by atoms with Gasteiger partial charge in [0.05, 0.1) is 0 Å². The maximum Gasteiger partial charge on any atom is 0.0406 e. The van der Waals surface area contributed by atoms with Gasteiger partial charge in [-0.05, 0) is 24.0 Å². The van der Waals surface area contributed by atoms with Crippen molar-refractivity contribution in [2.45, 2.75) is 38.6 Å². The molecule has 1 fully saturated rings. The van der Waals surface area contributed by atoms with Crippen LogP contribution >= 0.6 is 22.9 Å². The van der Waals surface area contributed by atoms with Gasteiger partial charge in [0.15, 0.2) is 0 Å². The van der Waals surface area contributed by atoms with E-state index in [9.17, 15) is 0 Å². The summed E-state index contributed by atoms with van der Waals surface area (Å²) in [5.74, 6) is 0.894. The third-order valence-electron chi connectivity index (χ3n) is 3.13. The second-order valence-electron chi connectivity index (χ2n) is 4.32. The molecule has 1 aromatic rings. The number of nitrogens with one attached hydrogen (secondary N) is 1. The minimum atomic E-state index is 0.894. The van der Waals surface area contributed by atoms with Crippen LogP contribution in [0.3, 0.4) is 0 Å². The van der Waals surface area contributed by atoms with Crippen LogP contribution in [0.5, 0.6) is 0 Å². The van der Waals surface area contributed by atoms with Gasteiger partial charge in [-0.25, -0.2) is 0 Å². The van der Waals surface area contributed by atoms with Crippen LogP contribution in [0.1, 0.15) is 36.9 Å². The van der Waals surface area contributed by atoms with Crippen molar-refractivity contribution in [2.75, 3.05) is 0 Å². The summed E-state index contributed by atoms with van der Waals surface area (Å²) in [4.78, 5) is 4.52. The summed E-state index contributed by atoms with van der Waals surface area (Å²) < 4.78 is 3.11. The van der Waals surface area contributed by atoms with Gasteiger partial charge < -0.3 is 0 Å². The summed E-state index contributed by atoms with van der Waals surface area (Å²) in [6, 6.07) is 4.37. The largest absolute Gasteiger partial charge is 0.261 e. The first-order valence-electron chi connectivity index (χ1n) is 5.66. The molecule has 0 aromatic carbocycles. The fourth-order valence-corrected chi connectivity index (χ4v) is 2.71. The summed E-state index contributed by atoms with van der Waals surface area (Å²) in [5, 5.41) is 0. The van der Waals surface area contributed by atoms with Crippen LogP contribution in [-0.2, 0) is 13.0 Å².